The Morgan fingerprint density at radius 1 is 0.906 bits per heavy atom. The number of hydrogen-bond acceptors (Lipinski definition) is 4. The second-order valence-corrected chi connectivity index (χ2v) is 10.9. The van der Waals surface area contributed by atoms with Gasteiger partial charge in [-0.1, -0.05) is 85.5 Å². The number of rotatable bonds is 15. The molecule has 32 heavy (non-hydrogen) atoms. The van der Waals surface area contributed by atoms with Crippen LogP contribution in [0.15, 0.2) is 29.2 Å². The van der Waals surface area contributed by atoms with Crippen LogP contribution < -0.4 is 10.5 Å². The van der Waals surface area contributed by atoms with Crippen molar-refractivity contribution >= 4 is 17.6 Å². The predicted molar refractivity (Wildman–Crippen MR) is 140 cm³/mol. The van der Waals surface area contributed by atoms with E-state index in [2.05, 4.69) is 45.9 Å². The third-order valence-electron chi connectivity index (χ3n) is 5.73. The molecule has 0 atom stereocenters. The first kappa shape index (κ1) is 26.6. The van der Waals surface area contributed by atoms with Crippen LogP contribution in [-0.2, 0) is 5.41 Å². The number of aromatic nitrogens is 2. The number of thioether (sulfide) groups is 1. The number of benzene rings is 1. The maximum Gasteiger partial charge on any atom is 0.146 e. The minimum atomic E-state index is -0.0456. The van der Waals surface area contributed by atoms with Crippen LogP contribution in [0, 0.1) is 0 Å². The Morgan fingerprint density at radius 3 is 2.09 bits per heavy atom. The fourth-order valence-electron chi connectivity index (χ4n) is 3.76. The molecule has 0 aliphatic heterocycles. The molecule has 0 amide bonds. The van der Waals surface area contributed by atoms with Gasteiger partial charge < -0.3 is 10.5 Å². The first-order chi connectivity index (χ1) is 15.4. The molecule has 1 heterocycles. The summed E-state index contributed by atoms with van der Waals surface area (Å²) in [5.74, 6) is 2.64. The molecule has 0 aliphatic carbocycles. The van der Waals surface area contributed by atoms with E-state index >= 15 is 0 Å². The molecule has 0 fully saturated rings. The zero-order chi connectivity index (χ0) is 23.4. The summed E-state index contributed by atoms with van der Waals surface area (Å²) >= 11 is 1.91. The van der Waals surface area contributed by atoms with E-state index in [1.807, 2.05) is 29.4 Å². The van der Waals surface area contributed by atoms with E-state index in [0.29, 0.717) is 12.4 Å². The molecule has 0 unspecified atom stereocenters. The largest absolute Gasteiger partial charge is 0.492 e. The van der Waals surface area contributed by atoms with Crippen LogP contribution in [0.25, 0.3) is 5.69 Å². The van der Waals surface area contributed by atoms with Gasteiger partial charge in [-0.3, -0.25) is 0 Å². The lowest BCUT2D eigenvalue weighted by molar-refractivity contribution is 0.337. The van der Waals surface area contributed by atoms with Crippen molar-refractivity contribution in [3.63, 3.8) is 0 Å². The number of hydrogen-bond donors (Lipinski definition) is 1. The third kappa shape index (κ3) is 8.73. The summed E-state index contributed by atoms with van der Waals surface area (Å²) in [4.78, 5) is 1.25. The van der Waals surface area contributed by atoms with Gasteiger partial charge in [0.2, 0.25) is 0 Å². The number of unbranched alkanes of at least 4 members (excludes halogenated alkanes) is 9. The van der Waals surface area contributed by atoms with E-state index in [9.17, 15) is 0 Å². The second kappa shape index (κ2) is 13.8. The molecule has 0 aliphatic rings. The van der Waals surface area contributed by atoms with Crippen LogP contribution >= 0.6 is 11.8 Å². The monoisotopic (exact) mass is 459 g/mol. The Morgan fingerprint density at radius 2 is 1.53 bits per heavy atom. The predicted octanol–water partition coefficient (Wildman–Crippen LogP) is 8.16. The maximum atomic E-state index is 6.29. The normalized spacial score (nSPS) is 11.8. The molecule has 2 N–H and O–H groups in total. The molecule has 0 radical (unpaired) electrons. The van der Waals surface area contributed by atoms with Gasteiger partial charge in [-0.2, -0.15) is 5.10 Å². The van der Waals surface area contributed by atoms with Crippen LogP contribution in [0.2, 0.25) is 0 Å². The molecule has 1 aromatic carbocycles. The highest BCUT2D eigenvalue weighted by Gasteiger charge is 2.21. The molecule has 0 saturated heterocycles. The van der Waals surface area contributed by atoms with Crippen molar-refractivity contribution in [2.45, 2.75) is 109 Å². The summed E-state index contributed by atoms with van der Waals surface area (Å²) < 4.78 is 7.77. The van der Waals surface area contributed by atoms with E-state index in [4.69, 9.17) is 15.6 Å². The number of nitrogens with two attached hydrogens (primary N) is 1. The molecule has 4 nitrogen and oxygen atoms in total. The van der Waals surface area contributed by atoms with Crippen LogP contribution in [0.5, 0.6) is 5.75 Å². The number of nitrogens with zero attached hydrogens (tertiary/aromatic N) is 2. The van der Waals surface area contributed by atoms with Crippen LogP contribution in [0.3, 0.4) is 0 Å². The Bertz CT molecular complexity index is 795. The summed E-state index contributed by atoms with van der Waals surface area (Å²) in [6.07, 6.45) is 13.8. The third-order valence-corrected chi connectivity index (χ3v) is 6.81. The molecule has 2 rings (SSSR count). The molecule has 0 spiro atoms. The van der Waals surface area contributed by atoms with Gasteiger partial charge in [0.1, 0.15) is 17.3 Å². The molecule has 1 aromatic heterocycles. The van der Waals surface area contributed by atoms with Crippen LogP contribution in [0.4, 0.5) is 5.82 Å². The lowest BCUT2D eigenvalue weighted by Crippen LogP contribution is -2.13. The summed E-state index contributed by atoms with van der Waals surface area (Å²) in [5.41, 5.74) is 8.13. The van der Waals surface area contributed by atoms with Crippen molar-refractivity contribution < 1.29 is 4.74 Å². The summed E-state index contributed by atoms with van der Waals surface area (Å²) in [5, 5.41) is 4.76. The fraction of sp³-hybridized carbons (Fsp3) is 0.667. The minimum absolute atomic E-state index is 0.0456. The van der Waals surface area contributed by atoms with Crippen molar-refractivity contribution in [1.29, 1.82) is 0 Å². The van der Waals surface area contributed by atoms with Gasteiger partial charge >= 0.3 is 0 Å². The summed E-state index contributed by atoms with van der Waals surface area (Å²) in [7, 11) is 0. The van der Waals surface area contributed by atoms with E-state index in [-0.39, 0.29) is 5.41 Å². The highest BCUT2D eigenvalue weighted by Crippen LogP contribution is 2.33. The average molecular weight is 460 g/mol. The summed E-state index contributed by atoms with van der Waals surface area (Å²) in [6.45, 7) is 11.4. The lowest BCUT2D eigenvalue weighted by Gasteiger charge is -2.15. The van der Waals surface area contributed by atoms with Crippen LogP contribution in [-0.4, -0.2) is 22.1 Å². The summed E-state index contributed by atoms with van der Waals surface area (Å²) in [6, 6.07) is 8.35. The van der Waals surface area contributed by atoms with E-state index < -0.39 is 0 Å². The molecule has 180 valence electrons. The molecule has 0 bridgehead atoms. The number of ether oxygens (including phenoxy) is 1. The Kier molecular flexibility index (Phi) is 11.5. The Balaban J connectivity index is 1.84. The quantitative estimate of drug-likeness (QED) is 0.215. The van der Waals surface area contributed by atoms with E-state index in [0.717, 1.165) is 22.9 Å². The second-order valence-electron chi connectivity index (χ2n) is 9.71. The van der Waals surface area contributed by atoms with Gasteiger partial charge in [0, 0.05) is 16.4 Å². The highest BCUT2D eigenvalue weighted by atomic mass is 32.2. The van der Waals surface area contributed by atoms with Crippen molar-refractivity contribution in [3.8, 4) is 11.4 Å². The molecule has 5 heteroatoms. The van der Waals surface area contributed by atoms with E-state index in [1.54, 1.807) is 0 Å². The zero-order valence-electron chi connectivity index (χ0n) is 21.1. The topological polar surface area (TPSA) is 53.1 Å². The standard InChI is InChI=1S/C27H45N3OS/c1-6-8-9-10-11-12-13-14-15-16-19-32-22-17-18-23(24(20-22)31-7-2)30-26(28)21-25(29-30)27(3,4)5/h17-18,20-21H,6-16,19,28H2,1-5H3. The fourth-order valence-corrected chi connectivity index (χ4v) is 4.70. The smallest absolute Gasteiger partial charge is 0.146 e. The molecule has 2 aromatic rings. The van der Waals surface area contributed by atoms with Gasteiger partial charge in [0.05, 0.1) is 12.3 Å². The van der Waals surface area contributed by atoms with Gasteiger partial charge in [-0.25, -0.2) is 4.68 Å². The first-order valence-corrected chi connectivity index (χ1v) is 13.6. The van der Waals surface area contributed by atoms with Crippen molar-refractivity contribution in [2.75, 3.05) is 18.1 Å². The number of anilines is 1. The lowest BCUT2D eigenvalue weighted by atomic mass is 9.92. The van der Waals surface area contributed by atoms with Crippen LogP contribution in [0.1, 0.15) is 105 Å². The zero-order valence-corrected chi connectivity index (χ0v) is 21.9. The average Bonchev–Trinajstić information content (AvgIpc) is 3.14. The van der Waals surface area contributed by atoms with Gasteiger partial charge in [0.15, 0.2) is 0 Å². The Labute approximate surface area is 200 Å². The van der Waals surface area contributed by atoms with Crippen molar-refractivity contribution in [3.05, 3.63) is 30.0 Å². The Hall–Kier alpha value is -1.62. The highest BCUT2D eigenvalue weighted by molar-refractivity contribution is 7.99. The first-order valence-electron chi connectivity index (χ1n) is 12.6. The van der Waals surface area contributed by atoms with E-state index in [1.165, 1.54) is 69.1 Å². The molecular weight excluding hydrogens is 414 g/mol. The van der Waals surface area contributed by atoms with Gasteiger partial charge in [-0.15, -0.1) is 11.8 Å². The van der Waals surface area contributed by atoms with Crippen molar-refractivity contribution in [1.82, 2.24) is 9.78 Å². The maximum absolute atomic E-state index is 6.29. The SMILES string of the molecule is CCCCCCCCCCCCSc1ccc(-n2nc(C(C)(C)C)cc2N)c(OCC)c1. The minimum Gasteiger partial charge on any atom is -0.492 e. The van der Waals surface area contributed by atoms with Gasteiger partial charge in [-0.05, 0) is 37.3 Å². The molecular formula is C27H45N3OS. The van der Waals surface area contributed by atoms with Crippen molar-refractivity contribution in [2.24, 2.45) is 0 Å². The number of nitrogen functional groups attached to an aromatic ring is 1. The van der Waals surface area contributed by atoms with Gasteiger partial charge in [0.25, 0.3) is 0 Å². The molecule has 0 saturated carbocycles.